The average Bonchev–Trinajstić information content (AvgIpc) is 2.61. The van der Waals surface area contributed by atoms with Gasteiger partial charge in [-0.1, -0.05) is 0 Å². The Bertz CT molecular complexity index is 585. The zero-order chi connectivity index (χ0) is 12.4. The summed E-state index contributed by atoms with van der Waals surface area (Å²) >= 11 is 0. The largest absolute Gasteiger partial charge is 0.496 e. The molecular formula is C11H14N4O2. The number of methoxy groups -OCH3 is 1. The summed E-state index contributed by atoms with van der Waals surface area (Å²) in [4.78, 5) is 11.6. The monoisotopic (exact) mass is 234 g/mol. The van der Waals surface area contributed by atoms with Gasteiger partial charge >= 0.3 is 5.69 Å². The number of aromatic nitrogens is 3. The van der Waals surface area contributed by atoms with Crippen LogP contribution in [0.5, 0.6) is 5.75 Å². The Labute approximate surface area is 98.2 Å². The van der Waals surface area contributed by atoms with Crippen molar-refractivity contribution in [3.8, 4) is 5.75 Å². The molecule has 1 heterocycles. The molecule has 2 aromatic rings. The van der Waals surface area contributed by atoms with E-state index in [0.717, 1.165) is 5.56 Å². The van der Waals surface area contributed by atoms with Crippen molar-refractivity contribution in [1.82, 2.24) is 14.3 Å². The van der Waals surface area contributed by atoms with Crippen LogP contribution in [0.1, 0.15) is 5.56 Å². The van der Waals surface area contributed by atoms with Crippen molar-refractivity contribution in [2.24, 2.45) is 7.05 Å². The molecule has 2 rings (SSSR count). The van der Waals surface area contributed by atoms with E-state index in [1.54, 1.807) is 32.4 Å². The molecule has 6 nitrogen and oxygen atoms in total. The predicted molar refractivity (Wildman–Crippen MR) is 64.0 cm³/mol. The van der Waals surface area contributed by atoms with Gasteiger partial charge in [0.05, 0.1) is 13.7 Å². The molecule has 0 fully saturated rings. The average molecular weight is 234 g/mol. The molecular weight excluding hydrogens is 220 g/mol. The van der Waals surface area contributed by atoms with E-state index in [1.807, 2.05) is 0 Å². The fourth-order valence-electron chi connectivity index (χ4n) is 1.61. The summed E-state index contributed by atoms with van der Waals surface area (Å²) in [6.45, 7) is 0.341. The van der Waals surface area contributed by atoms with Crippen LogP contribution in [0.4, 0.5) is 5.69 Å². The van der Waals surface area contributed by atoms with Gasteiger partial charge < -0.3 is 10.5 Å². The summed E-state index contributed by atoms with van der Waals surface area (Å²) in [5, 5.41) is 3.99. The molecule has 0 bridgehead atoms. The molecule has 0 aliphatic carbocycles. The zero-order valence-corrected chi connectivity index (χ0v) is 9.75. The highest BCUT2D eigenvalue weighted by atomic mass is 16.5. The van der Waals surface area contributed by atoms with E-state index in [9.17, 15) is 4.79 Å². The molecule has 0 aliphatic rings. The lowest BCUT2D eigenvalue weighted by atomic mass is 10.2. The normalized spacial score (nSPS) is 10.5. The second-order valence-corrected chi connectivity index (χ2v) is 3.75. The molecule has 17 heavy (non-hydrogen) atoms. The second kappa shape index (κ2) is 4.32. The third-order valence-corrected chi connectivity index (χ3v) is 2.51. The lowest BCUT2D eigenvalue weighted by molar-refractivity contribution is 0.407. The third kappa shape index (κ3) is 2.15. The summed E-state index contributed by atoms with van der Waals surface area (Å²) in [6.07, 6.45) is 1.47. The van der Waals surface area contributed by atoms with E-state index in [-0.39, 0.29) is 5.69 Å². The van der Waals surface area contributed by atoms with Crippen LogP contribution in [0, 0.1) is 0 Å². The molecule has 0 aliphatic heterocycles. The van der Waals surface area contributed by atoms with Crippen molar-refractivity contribution in [2.45, 2.75) is 6.54 Å². The minimum atomic E-state index is -0.172. The van der Waals surface area contributed by atoms with Crippen molar-refractivity contribution >= 4 is 5.69 Å². The first-order valence-electron chi connectivity index (χ1n) is 5.12. The number of ether oxygens (including phenoxy) is 1. The minimum Gasteiger partial charge on any atom is -0.496 e. The summed E-state index contributed by atoms with van der Waals surface area (Å²) < 4.78 is 7.99. The Morgan fingerprint density at radius 2 is 2.24 bits per heavy atom. The van der Waals surface area contributed by atoms with Gasteiger partial charge in [-0.15, -0.1) is 0 Å². The molecule has 1 aromatic carbocycles. The smallest absolute Gasteiger partial charge is 0.345 e. The second-order valence-electron chi connectivity index (χ2n) is 3.75. The van der Waals surface area contributed by atoms with E-state index < -0.39 is 0 Å². The first-order chi connectivity index (χ1) is 8.11. The van der Waals surface area contributed by atoms with Crippen LogP contribution in [-0.2, 0) is 13.6 Å². The van der Waals surface area contributed by atoms with Gasteiger partial charge in [0.1, 0.15) is 12.1 Å². The molecule has 0 radical (unpaired) electrons. The molecule has 90 valence electrons. The van der Waals surface area contributed by atoms with Gasteiger partial charge in [-0.3, -0.25) is 4.57 Å². The maximum atomic E-state index is 11.6. The highest BCUT2D eigenvalue weighted by Gasteiger charge is 2.07. The number of hydrogen-bond acceptors (Lipinski definition) is 4. The van der Waals surface area contributed by atoms with Crippen LogP contribution in [0.15, 0.2) is 29.3 Å². The minimum absolute atomic E-state index is 0.172. The molecule has 0 saturated carbocycles. The standard InChI is InChI=1S/C11H14N4O2/c1-14-7-13-15(11(14)16)6-8-5-9(12)3-4-10(8)17-2/h3-5,7H,6,12H2,1-2H3. The lowest BCUT2D eigenvalue weighted by Gasteiger charge is -2.08. The summed E-state index contributed by atoms with van der Waals surface area (Å²) in [6, 6.07) is 5.31. The van der Waals surface area contributed by atoms with Crippen LogP contribution in [0.2, 0.25) is 0 Å². The number of nitrogens with two attached hydrogens (primary N) is 1. The Kier molecular flexibility index (Phi) is 2.86. The Morgan fingerprint density at radius 1 is 1.47 bits per heavy atom. The number of benzene rings is 1. The quantitative estimate of drug-likeness (QED) is 0.771. The maximum absolute atomic E-state index is 11.6. The lowest BCUT2D eigenvalue weighted by Crippen LogP contribution is -2.23. The first-order valence-corrected chi connectivity index (χ1v) is 5.12. The van der Waals surface area contributed by atoms with Gasteiger partial charge in [-0.05, 0) is 18.2 Å². The molecule has 0 saturated heterocycles. The van der Waals surface area contributed by atoms with Gasteiger partial charge in [0.15, 0.2) is 0 Å². The zero-order valence-electron chi connectivity index (χ0n) is 9.75. The van der Waals surface area contributed by atoms with Gasteiger partial charge in [-0.2, -0.15) is 5.10 Å². The Balaban J connectivity index is 2.38. The number of rotatable bonds is 3. The van der Waals surface area contributed by atoms with Gasteiger partial charge in [-0.25, -0.2) is 9.48 Å². The van der Waals surface area contributed by atoms with E-state index in [2.05, 4.69) is 5.10 Å². The SMILES string of the molecule is COc1ccc(N)cc1Cn1ncn(C)c1=O. The molecule has 0 amide bonds. The Hall–Kier alpha value is -2.24. The van der Waals surface area contributed by atoms with Gasteiger partial charge in [0.2, 0.25) is 0 Å². The van der Waals surface area contributed by atoms with Crippen molar-refractivity contribution in [1.29, 1.82) is 0 Å². The van der Waals surface area contributed by atoms with Gasteiger partial charge in [0, 0.05) is 18.3 Å². The number of nitrogen functional groups attached to an aromatic ring is 1. The van der Waals surface area contributed by atoms with E-state index in [0.29, 0.717) is 18.0 Å². The molecule has 0 spiro atoms. The van der Waals surface area contributed by atoms with Crippen LogP contribution in [-0.4, -0.2) is 21.5 Å². The fraction of sp³-hybridized carbons (Fsp3) is 0.273. The number of anilines is 1. The summed E-state index contributed by atoms with van der Waals surface area (Å²) in [7, 11) is 3.23. The van der Waals surface area contributed by atoms with E-state index >= 15 is 0 Å². The van der Waals surface area contributed by atoms with Crippen molar-refractivity contribution < 1.29 is 4.74 Å². The topological polar surface area (TPSA) is 75.1 Å². The number of aryl methyl sites for hydroxylation is 1. The molecule has 2 N–H and O–H groups in total. The van der Waals surface area contributed by atoms with Crippen LogP contribution >= 0.6 is 0 Å². The first kappa shape index (κ1) is 11.3. The van der Waals surface area contributed by atoms with Crippen LogP contribution < -0.4 is 16.2 Å². The number of nitrogens with zero attached hydrogens (tertiary/aromatic N) is 3. The predicted octanol–water partition coefficient (Wildman–Crippen LogP) is 0.221. The molecule has 6 heteroatoms. The number of hydrogen-bond donors (Lipinski definition) is 1. The van der Waals surface area contributed by atoms with Crippen molar-refractivity contribution in [2.75, 3.05) is 12.8 Å². The highest BCUT2D eigenvalue weighted by Crippen LogP contribution is 2.21. The molecule has 1 aromatic heterocycles. The maximum Gasteiger partial charge on any atom is 0.345 e. The van der Waals surface area contributed by atoms with Crippen LogP contribution in [0.25, 0.3) is 0 Å². The van der Waals surface area contributed by atoms with Gasteiger partial charge in [0.25, 0.3) is 0 Å². The third-order valence-electron chi connectivity index (χ3n) is 2.51. The van der Waals surface area contributed by atoms with Crippen molar-refractivity contribution in [3.63, 3.8) is 0 Å². The van der Waals surface area contributed by atoms with Crippen LogP contribution in [0.3, 0.4) is 0 Å². The fourth-order valence-corrected chi connectivity index (χ4v) is 1.61. The molecule has 0 atom stereocenters. The van der Waals surface area contributed by atoms with E-state index in [4.69, 9.17) is 10.5 Å². The Morgan fingerprint density at radius 3 is 2.82 bits per heavy atom. The summed E-state index contributed by atoms with van der Waals surface area (Å²) in [5.74, 6) is 0.691. The highest BCUT2D eigenvalue weighted by molar-refractivity contribution is 5.47. The van der Waals surface area contributed by atoms with Crippen molar-refractivity contribution in [3.05, 3.63) is 40.6 Å². The molecule has 0 unspecified atom stereocenters. The summed E-state index contributed by atoms with van der Waals surface area (Å²) in [5.41, 5.74) is 7.00. The van der Waals surface area contributed by atoms with E-state index in [1.165, 1.54) is 15.6 Å².